The molecule has 0 bridgehead atoms. The molecule has 0 radical (unpaired) electrons. The van der Waals surface area contributed by atoms with E-state index < -0.39 is 11.9 Å². The SMILES string of the molecule is O=C1OCC(Cc2ccccc2)N(Cc2ccc(Cl)cc2)C1=O. The zero-order valence-corrected chi connectivity index (χ0v) is 13.2. The lowest BCUT2D eigenvalue weighted by Crippen LogP contribution is -2.52. The molecule has 23 heavy (non-hydrogen) atoms. The Balaban J connectivity index is 1.80. The fourth-order valence-corrected chi connectivity index (χ4v) is 2.78. The summed E-state index contributed by atoms with van der Waals surface area (Å²) in [6.45, 7) is 0.579. The van der Waals surface area contributed by atoms with Crippen molar-refractivity contribution in [2.24, 2.45) is 0 Å². The molecule has 1 amide bonds. The smallest absolute Gasteiger partial charge is 0.397 e. The van der Waals surface area contributed by atoms with Crippen LogP contribution in [0.4, 0.5) is 0 Å². The van der Waals surface area contributed by atoms with Gasteiger partial charge >= 0.3 is 11.9 Å². The average Bonchev–Trinajstić information content (AvgIpc) is 2.57. The third-order valence-corrected chi connectivity index (χ3v) is 4.12. The van der Waals surface area contributed by atoms with E-state index in [1.165, 1.54) is 0 Å². The summed E-state index contributed by atoms with van der Waals surface area (Å²) in [6, 6.07) is 16.9. The van der Waals surface area contributed by atoms with Crippen molar-refractivity contribution in [3.8, 4) is 0 Å². The third kappa shape index (κ3) is 3.71. The Labute approximate surface area is 139 Å². The summed E-state index contributed by atoms with van der Waals surface area (Å²) in [6.07, 6.45) is 0.646. The molecule has 0 aromatic heterocycles. The second-order valence-corrected chi connectivity index (χ2v) is 5.94. The Kier molecular flexibility index (Phi) is 4.63. The van der Waals surface area contributed by atoms with Crippen LogP contribution in [0.15, 0.2) is 54.6 Å². The molecule has 1 fully saturated rings. The Morgan fingerprint density at radius 1 is 1.00 bits per heavy atom. The van der Waals surface area contributed by atoms with Crippen LogP contribution < -0.4 is 0 Å². The van der Waals surface area contributed by atoms with Gasteiger partial charge in [0.25, 0.3) is 0 Å². The van der Waals surface area contributed by atoms with E-state index >= 15 is 0 Å². The van der Waals surface area contributed by atoms with Gasteiger partial charge < -0.3 is 9.64 Å². The highest BCUT2D eigenvalue weighted by Crippen LogP contribution is 2.19. The van der Waals surface area contributed by atoms with E-state index in [-0.39, 0.29) is 12.6 Å². The van der Waals surface area contributed by atoms with Gasteiger partial charge in [0.1, 0.15) is 6.61 Å². The van der Waals surface area contributed by atoms with Crippen LogP contribution in [0.3, 0.4) is 0 Å². The quantitative estimate of drug-likeness (QED) is 0.640. The van der Waals surface area contributed by atoms with Gasteiger partial charge in [-0.2, -0.15) is 0 Å². The van der Waals surface area contributed by atoms with Crippen molar-refractivity contribution in [2.75, 3.05) is 6.61 Å². The maximum absolute atomic E-state index is 12.2. The summed E-state index contributed by atoms with van der Waals surface area (Å²) in [5.74, 6) is -1.38. The molecule has 0 spiro atoms. The molecular formula is C18H16ClNO3. The first-order valence-electron chi connectivity index (χ1n) is 7.39. The lowest BCUT2D eigenvalue weighted by molar-refractivity contribution is -0.170. The van der Waals surface area contributed by atoms with Crippen molar-refractivity contribution in [1.29, 1.82) is 0 Å². The lowest BCUT2D eigenvalue weighted by Gasteiger charge is -2.34. The molecule has 2 aromatic carbocycles. The fraction of sp³-hybridized carbons (Fsp3) is 0.222. The van der Waals surface area contributed by atoms with Gasteiger partial charge in [-0.05, 0) is 29.7 Å². The van der Waals surface area contributed by atoms with Crippen LogP contribution in [0.2, 0.25) is 5.02 Å². The molecule has 1 saturated heterocycles. The molecule has 0 aliphatic carbocycles. The minimum Gasteiger partial charge on any atom is -0.456 e. The Morgan fingerprint density at radius 2 is 1.70 bits per heavy atom. The Hall–Kier alpha value is -2.33. The maximum atomic E-state index is 12.2. The van der Waals surface area contributed by atoms with Gasteiger partial charge in [-0.3, -0.25) is 4.79 Å². The second kappa shape index (κ2) is 6.84. The summed E-state index contributed by atoms with van der Waals surface area (Å²) < 4.78 is 5.01. The first kappa shape index (κ1) is 15.6. The van der Waals surface area contributed by atoms with Crippen molar-refractivity contribution in [3.05, 3.63) is 70.7 Å². The maximum Gasteiger partial charge on any atom is 0.397 e. The van der Waals surface area contributed by atoms with Crippen molar-refractivity contribution in [2.45, 2.75) is 19.0 Å². The minimum absolute atomic E-state index is 0.168. The van der Waals surface area contributed by atoms with Gasteiger partial charge in [-0.25, -0.2) is 4.79 Å². The molecule has 5 heteroatoms. The van der Waals surface area contributed by atoms with Gasteiger partial charge in [-0.1, -0.05) is 54.1 Å². The zero-order valence-electron chi connectivity index (χ0n) is 12.4. The fourth-order valence-electron chi connectivity index (χ4n) is 2.65. The van der Waals surface area contributed by atoms with E-state index in [4.69, 9.17) is 16.3 Å². The van der Waals surface area contributed by atoms with E-state index in [9.17, 15) is 9.59 Å². The number of ether oxygens (including phenoxy) is 1. The highest BCUT2D eigenvalue weighted by Gasteiger charge is 2.35. The number of halogens is 1. The van der Waals surface area contributed by atoms with Crippen LogP contribution >= 0.6 is 11.6 Å². The molecule has 1 heterocycles. The van der Waals surface area contributed by atoms with E-state index in [0.29, 0.717) is 18.0 Å². The highest BCUT2D eigenvalue weighted by atomic mass is 35.5. The second-order valence-electron chi connectivity index (χ2n) is 5.50. The molecular weight excluding hydrogens is 314 g/mol. The molecule has 2 aromatic rings. The first-order chi connectivity index (χ1) is 11.1. The minimum atomic E-state index is -0.789. The van der Waals surface area contributed by atoms with E-state index in [0.717, 1.165) is 11.1 Å². The van der Waals surface area contributed by atoms with Gasteiger partial charge in [0.15, 0.2) is 0 Å². The molecule has 4 nitrogen and oxygen atoms in total. The van der Waals surface area contributed by atoms with Crippen molar-refractivity contribution in [3.63, 3.8) is 0 Å². The number of carbonyl (C=O) groups is 2. The number of hydrogen-bond acceptors (Lipinski definition) is 3. The number of esters is 1. The number of morpholine rings is 1. The van der Waals surface area contributed by atoms with Crippen molar-refractivity contribution in [1.82, 2.24) is 4.90 Å². The average molecular weight is 330 g/mol. The predicted octanol–water partition coefficient (Wildman–Crippen LogP) is 2.84. The standard InChI is InChI=1S/C18H16ClNO3/c19-15-8-6-14(7-9-15)11-20-16(12-23-18(22)17(20)21)10-13-4-2-1-3-5-13/h1-9,16H,10-12H2. The van der Waals surface area contributed by atoms with Gasteiger partial charge in [0.2, 0.25) is 0 Å². The van der Waals surface area contributed by atoms with E-state index in [1.807, 2.05) is 42.5 Å². The number of nitrogens with zero attached hydrogens (tertiary/aromatic N) is 1. The van der Waals surface area contributed by atoms with Crippen LogP contribution in [0.1, 0.15) is 11.1 Å². The van der Waals surface area contributed by atoms with E-state index in [1.54, 1.807) is 17.0 Å². The summed E-state index contributed by atoms with van der Waals surface area (Å²) in [4.78, 5) is 25.4. The lowest BCUT2D eigenvalue weighted by atomic mass is 10.0. The molecule has 1 aliphatic rings. The Bertz CT molecular complexity index is 700. The topological polar surface area (TPSA) is 46.6 Å². The van der Waals surface area contributed by atoms with Crippen LogP contribution in [-0.4, -0.2) is 29.4 Å². The number of hydrogen-bond donors (Lipinski definition) is 0. The third-order valence-electron chi connectivity index (χ3n) is 3.86. The molecule has 0 saturated carbocycles. The van der Waals surface area contributed by atoms with Crippen LogP contribution in [0.5, 0.6) is 0 Å². The summed E-state index contributed by atoms with van der Waals surface area (Å²) in [7, 11) is 0. The normalized spacial score (nSPS) is 18.0. The largest absolute Gasteiger partial charge is 0.456 e. The first-order valence-corrected chi connectivity index (χ1v) is 7.77. The number of amides is 1. The highest BCUT2D eigenvalue weighted by molar-refractivity contribution is 6.33. The summed E-state index contributed by atoms with van der Waals surface area (Å²) in [5, 5.41) is 0.638. The Morgan fingerprint density at radius 3 is 2.39 bits per heavy atom. The molecule has 1 unspecified atom stereocenters. The predicted molar refractivity (Wildman–Crippen MR) is 86.9 cm³/mol. The molecule has 3 rings (SSSR count). The number of rotatable bonds is 4. The number of benzene rings is 2. The van der Waals surface area contributed by atoms with Gasteiger partial charge in [-0.15, -0.1) is 0 Å². The number of cyclic esters (lactones) is 1. The summed E-state index contributed by atoms with van der Waals surface area (Å²) >= 11 is 5.89. The molecule has 1 aliphatic heterocycles. The van der Waals surface area contributed by atoms with Crippen molar-refractivity contribution >= 4 is 23.5 Å². The van der Waals surface area contributed by atoms with Crippen molar-refractivity contribution < 1.29 is 14.3 Å². The van der Waals surface area contributed by atoms with Crippen LogP contribution in [0.25, 0.3) is 0 Å². The monoisotopic (exact) mass is 329 g/mol. The summed E-state index contributed by atoms with van der Waals surface area (Å²) in [5.41, 5.74) is 2.03. The molecule has 118 valence electrons. The number of carbonyl (C=O) groups excluding carboxylic acids is 2. The van der Waals surface area contributed by atoms with Crippen LogP contribution in [-0.2, 0) is 27.3 Å². The molecule has 0 N–H and O–H groups in total. The van der Waals surface area contributed by atoms with Gasteiger partial charge in [0, 0.05) is 11.6 Å². The van der Waals surface area contributed by atoms with Crippen LogP contribution in [0, 0.1) is 0 Å². The van der Waals surface area contributed by atoms with Gasteiger partial charge in [0.05, 0.1) is 6.04 Å². The molecule has 1 atom stereocenters. The zero-order chi connectivity index (χ0) is 16.2. The van der Waals surface area contributed by atoms with E-state index in [2.05, 4.69) is 0 Å².